The van der Waals surface area contributed by atoms with Gasteiger partial charge in [-0.15, -0.1) is 0 Å². The summed E-state index contributed by atoms with van der Waals surface area (Å²) >= 11 is 0. The van der Waals surface area contributed by atoms with Gasteiger partial charge in [0.15, 0.2) is 0 Å². The fraction of sp³-hybridized carbons (Fsp3) is 0.511. The third-order valence-electron chi connectivity index (χ3n) is 13.1. The van der Waals surface area contributed by atoms with E-state index in [0.29, 0.717) is 19.5 Å². The molecule has 2 fully saturated rings. The van der Waals surface area contributed by atoms with Gasteiger partial charge in [-0.05, 0) is 122 Å². The van der Waals surface area contributed by atoms with E-state index in [1.165, 1.54) is 67.4 Å². The van der Waals surface area contributed by atoms with Crippen molar-refractivity contribution in [2.24, 2.45) is 4.99 Å². The lowest BCUT2D eigenvalue weighted by molar-refractivity contribution is -0.138. The molecule has 60 heavy (non-hydrogen) atoms. The normalized spacial score (nSPS) is 21.0. The number of ether oxygens (including phenoxy) is 4. The number of aromatic amines is 1. The van der Waals surface area contributed by atoms with Crippen molar-refractivity contribution in [2.75, 3.05) is 41.5 Å². The summed E-state index contributed by atoms with van der Waals surface area (Å²) in [5.41, 5.74) is 13.4. The number of amides is 4. The van der Waals surface area contributed by atoms with Gasteiger partial charge in [0.2, 0.25) is 11.8 Å². The number of hydrogen-bond acceptors (Lipinski definition) is 10. The zero-order valence-electron chi connectivity index (χ0n) is 35.3. The summed E-state index contributed by atoms with van der Waals surface area (Å²) in [7, 11) is 5.59. The SMILES string of the molecule is COC(=O)NC(C(=O)N1CCC[C@H]1C1=NC=C(c2cc3c4c(c2)CCc2cc(-c5cnc([C@@H]6CCCN6C(=O)[C@@H](NC(=O)OC)[C@@H](C)OC)[nH]5)cc(c2-4)CC3)C1)[C@@H](C)OC. The molecule has 8 rings (SSSR count). The highest BCUT2D eigenvalue weighted by atomic mass is 16.5. The summed E-state index contributed by atoms with van der Waals surface area (Å²) in [6, 6.07) is 7.13. The lowest BCUT2D eigenvalue weighted by atomic mass is 9.73. The summed E-state index contributed by atoms with van der Waals surface area (Å²) in [5, 5.41) is 5.33. The number of benzene rings is 2. The van der Waals surface area contributed by atoms with Gasteiger partial charge >= 0.3 is 12.2 Å². The molecule has 4 amide bonds. The minimum absolute atomic E-state index is 0.144. The summed E-state index contributed by atoms with van der Waals surface area (Å²) in [5.74, 6) is 0.306. The second-order valence-corrected chi connectivity index (χ2v) is 16.5. The van der Waals surface area contributed by atoms with Crippen LogP contribution >= 0.6 is 0 Å². The van der Waals surface area contributed by atoms with Crippen LogP contribution in [0.25, 0.3) is 28.0 Å². The largest absolute Gasteiger partial charge is 0.453 e. The number of methoxy groups -OCH3 is 4. The van der Waals surface area contributed by atoms with E-state index in [0.717, 1.165) is 79.7 Å². The molecule has 2 aliphatic carbocycles. The van der Waals surface area contributed by atoms with Gasteiger partial charge in [-0.3, -0.25) is 14.6 Å². The van der Waals surface area contributed by atoms with E-state index < -0.39 is 36.5 Å². The summed E-state index contributed by atoms with van der Waals surface area (Å²) in [4.78, 5) is 68.7. The van der Waals surface area contributed by atoms with Crippen LogP contribution in [0.15, 0.2) is 41.7 Å². The predicted molar refractivity (Wildman–Crippen MR) is 224 cm³/mol. The smallest absolute Gasteiger partial charge is 0.407 e. The summed E-state index contributed by atoms with van der Waals surface area (Å²) in [6.07, 6.45) is 9.04. The molecule has 15 nitrogen and oxygen atoms in total. The van der Waals surface area contributed by atoms with Crippen LogP contribution in [0, 0.1) is 0 Å². The number of alkyl carbamates (subject to hydrolysis) is 2. The minimum Gasteiger partial charge on any atom is -0.453 e. The molecule has 0 radical (unpaired) electrons. The molecule has 318 valence electrons. The number of aryl methyl sites for hydroxylation is 4. The van der Waals surface area contributed by atoms with Gasteiger partial charge in [-0.2, -0.15) is 0 Å². The number of imidazole rings is 1. The zero-order valence-corrected chi connectivity index (χ0v) is 35.3. The van der Waals surface area contributed by atoms with E-state index in [1.54, 1.807) is 18.7 Å². The molecule has 3 aromatic rings. The first kappa shape index (κ1) is 41.2. The van der Waals surface area contributed by atoms with Crippen molar-refractivity contribution in [3.05, 3.63) is 70.3 Å². The molecule has 0 spiro atoms. The van der Waals surface area contributed by atoms with E-state index in [9.17, 15) is 19.2 Å². The number of aromatic nitrogens is 2. The highest BCUT2D eigenvalue weighted by molar-refractivity contribution is 6.04. The van der Waals surface area contributed by atoms with Gasteiger partial charge in [-0.25, -0.2) is 14.6 Å². The fourth-order valence-electron chi connectivity index (χ4n) is 9.78. The van der Waals surface area contributed by atoms with Crippen molar-refractivity contribution in [2.45, 2.75) is 108 Å². The Hall–Kier alpha value is -5.54. The van der Waals surface area contributed by atoms with Gasteiger partial charge in [0.1, 0.15) is 17.9 Å². The van der Waals surface area contributed by atoms with Crippen LogP contribution in [0.4, 0.5) is 9.59 Å². The molecule has 1 unspecified atom stereocenters. The molecule has 0 saturated carbocycles. The number of likely N-dealkylation sites (tertiary alicyclic amines) is 2. The number of H-pyrrole nitrogens is 1. The Labute approximate surface area is 350 Å². The third kappa shape index (κ3) is 7.68. The Balaban J connectivity index is 0.982. The summed E-state index contributed by atoms with van der Waals surface area (Å²) < 4.78 is 20.5. The topological polar surface area (TPSA) is 177 Å². The quantitative estimate of drug-likeness (QED) is 0.219. The van der Waals surface area contributed by atoms with Gasteiger partial charge in [0.25, 0.3) is 0 Å². The number of allylic oxidation sites excluding steroid dienone is 1. The molecule has 3 aliphatic heterocycles. The van der Waals surface area contributed by atoms with E-state index >= 15 is 0 Å². The van der Waals surface area contributed by atoms with E-state index in [4.69, 9.17) is 28.9 Å². The number of nitrogens with one attached hydrogen (secondary N) is 3. The Morgan fingerprint density at radius 1 is 0.717 bits per heavy atom. The maximum absolute atomic E-state index is 13.8. The van der Waals surface area contributed by atoms with Crippen molar-refractivity contribution >= 4 is 35.3 Å². The van der Waals surface area contributed by atoms with Gasteiger partial charge < -0.3 is 44.4 Å². The molecule has 2 aromatic carbocycles. The first-order valence-electron chi connectivity index (χ1n) is 21.0. The van der Waals surface area contributed by atoms with Crippen molar-refractivity contribution in [3.63, 3.8) is 0 Å². The van der Waals surface area contributed by atoms with Gasteiger partial charge in [-0.1, -0.05) is 12.1 Å². The van der Waals surface area contributed by atoms with E-state index in [-0.39, 0.29) is 23.9 Å². The van der Waals surface area contributed by atoms with Gasteiger partial charge in [0, 0.05) is 51.2 Å². The molecular formula is C45H55N7O8. The highest BCUT2D eigenvalue weighted by Crippen LogP contribution is 2.46. The molecule has 4 heterocycles. The molecule has 15 heteroatoms. The molecule has 0 bridgehead atoms. The molecule has 3 N–H and O–H groups in total. The van der Waals surface area contributed by atoms with Crippen LogP contribution in [0.3, 0.4) is 0 Å². The average molecular weight is 822 g/mol. The van der Waals surface area contributed by atoms with E-state index in [1.807, 2.05) is 17.3 Å². The van der Waals surface area contributed by atoms with E-state index in [2.05, 4.69) is 39.9 Å². The number of aliphatic imine (C=N–C) groups is 1. The first-order chi connectivity index (χ1) is 29.0. The maximum atomic E-state index is 13.8. The second kappa shape index (κ2) is 17.2. The Kier molecular flexibility index (Phi) is 11.8. The highest BCUT2D eigenvalue weighted by Gasteiger charge is 2.41. The monoisotopic (exact) mass is 821 g/mol. The number of carbonyl (C=O) groups is 4. The third-order valence-corrected chi connectivity index (χ3v) is 13.1. The predicted octanol–water partition coefficient (Wildman–Crippen LogP) is 5.30. The van der Waals surface area contributed by atoms with Crippen molar-refractivity contribution in [3.8, 4) is 22.4 Å². The fourth-order valence-corrected chi connectivity index (χ4v) is 9.78. The van der Waals surface area contributed by atoms with Crippen LogP contribution in [0.1, 0.15) is 85.6 Å². The number of rotatable bonds is 12. The average Bonchev–Trinajstić information content (AvgIpc) is 4.12. The number of nitrogens with zero attached hydrogens (tertiary/aromatic N) is 4. The standard InChI is InChI=1S/C45H55N7O8/c1-24(57-3)39(49-44(55)59-5)42(53)51-15-7-9-35(51)33-21-32(22-46-33)30-17-26-11-13-28-19-31(20-29-14-12-27(18-30)37(26)38(28)29)34-23-47-41(48-34)36-10-8-16-52(36)43(54)40(25(2)58-4)50-45(56)60-6/h17-20,22-25,35-36,39-40H,7-16,21H2,1-6H3,(H,47,48)(H,49,55)(H,50,56)/t24-,25-,35+,36+,39?,40+/m1/s1. The molecule has 2 saturated heterocycles. The first-order valence-corrected chi connectivity index (χ1v) is 21.0. The van der Waals surface area contributed by atoms with Crippen molar-refractivity contribution in [1.29, 1.82) is 0 Å². The molecule has 6 atom stereocenters. The Morgan fingerprint density at radius 3 is 1.70 bits per heavy atom. The zero-order chi connectivity index (χ0) is 42.2. The van der Waals surface area contributed by atoms with Crippen LogP contribution in [-0.2, 0) is 54.2 Å². The minimum atomic E-state index is -0.890. The van der Waals surface area contributed by atoms with Crippen LogP contribution in [0.5, 0.6) is 0 Å². The maximum Gasteiger partial charge on any atom is 0.407 e. The van der Waals surface area contributed by atoms with Crippen LogP contribution < -0.4 is 10.6 Å². The van der Waals surface area contributed by atoms with Crippen molar-refractivity contribution < 1.29 is 38.1 Å². The van der Waals surface area contributed by atoms with Crippen LogP contribution in [-0.4, -0.2) is 121 Å². The molecular weight excluding hydrogens is 767 g/mol. The molecule has 1 aromatic heterocycles. The second-order valence-electron chi connectivity index (χ2n) is 16.5. The summed E-state index contributed by atoms with van der Waals surface area (Å²) in [6.45, 7) is 4.66. The Bertz CT molecular complexity index is 2200. The van der Waals surface area contributed by atoms with Gasteiger partial charge in [0.05, 0.1) is 50.4 Å². The number of hydrogen-bond donors (Lipinski definition) is 3. The Morgan fingerprint density at radius 2 is 1.20 bits per heavy atom. The lowest BCUT2D eigenvalue weighted by Gasteiger charge is -2.32. The number of carbonyl (C=O) groups excluding carboxylic acids is 4. The van der Waals surface area contributed by atoms with Crippen LogP contribution in [0.2, 0.25) is 0 Å². The molecule has 5 aliphatic rings. The van der Waals surface area contributed by atoms with Crippen molar-refractivity contribution in [1.82, 2.24) is 30.4 Å². The lowest BCUT2D eigenvalue weighted by Crippen LogP contribution is -2.56.